The molecule has 1 aromatic rings. The molecule has 0 spiro atoms. The Labute approximate surface area is 202 Å². The Morgan fingerprint density at radius 2 is 1.00 bits per heavy atom. The van der Waals surface area contributed by atoms with Crippen molar-refractivity contribution in [1.29, 1.82) is 0 Å². The third-order valence-electron chi connectivity index (χ3n) is 5.70. The molecule has 0 saturated carbocycles. The van der Waals surface area contributed by atoms with Gasteiger partial charge < -0.3 is 18.9 Å². The Morgan fingerprint density at radius 3 is 1.38 bits per heavy atom. The average Bonchev–Trinajstić information content (AvgIpc) is 2.94. The van der Waals surface area contributed by atoms with E-state index in [-0.39, 0.29) is 0 Å². The van der Waals surface area contributed by atoms with Gasteiger partial charge in [-0.05, 0) is 31.0 Å². The molecular weight excluding hydrogens is 432 g/mol. The van der Waals surface area contributed by atoms with Crippen molar-refractivity contribution < 1.29 is 18.9 Å². The van der Waals surface area contributed by atoms with Crippen LogP contribution in [0.2, 0.25) is 0 Å². The third kappa shape index (κ3) is 7.85. The van der Waals surface area contributed by atoms with Gasteiger partial charge in [-0.25, -0.2) is 0 Å². The Bertz CT molecular complexity index is 841. The number of ether oxygens (including phenoxy) is 4. The van der Waals surface area contributed by atoms with Crippen LogP contribution in [0.1, 0.15) is 62.5 Å². The van der Waals surface area contributed by atoms with Crippen LogP contribution in [0.15, 0.2) is 44.2 Å². The molecule has 0 amide bonds. The lowest BCUT2D eigenvalue weighted by Crippen LogP contribution is -2.17. The van der Waals surface area contributed by atoms with Gasteiger partial charge in [0.1, 0.15) is 0 Å². The second-order valence-electron chi connectivity index (χ2n) is 8.52. The van der Waals surface area contributed by atoms with Crippen LogP contribution >= 0.6 is 0 Å². The van der Waals surface area contributed by atoms with Crippen LogP contribution in [-0.4, -0.2) is 76.2 Å². The first-order valence-corrected chi connectivity index (χ1v) is 12.7. The largest absolute Gasteiger partial charge is 0.481 e. The van der Waals surface area contributed by atoms with E-state index in [4.69, 9.17) is 18.9 Å². The maximum atomic E-state index is 5.58. The van der Waals surface area contributed by atoms with Crippen molar-refractivity contribution in [2.75, 3.05) is 52.6 Å². The normalized spacial score (nSPS) is 19.9. The van der Waals surface area contributed by atoms with Crippen LogP contribution in [0.25, 0.3) is 0 Å². The third-order valence-corrected chi connectivity index (χ3v) is 5.70. The zero-order valence-corrected chi connectivity index (χ0v) is 20.0. The lowest BCUT2D eigenvalue weighted by Gasteiger charge is -2.16. The van der Waals surface area contributed by atoms with Crippen molar-refractivity contribution in [2.24, 2.45) is 20.0 Å². The fraction of sp³-hybridized carbons (Fsp3) is 0.615. The van der Waals surface area contributed by atoms with Crippen molar-refractivity contribution in [3.05, 3.63) is 35.4 Å². The predicted octanol–water partition coefficient (Wildman–Crippen LogP) is 4.20. The van der Waals surface area contributed by atoms with Crippen molar-refractivity contribution >= 4 is 23.6 Å². The van der Waals surface area contributed by atoms with Crippen LogP contribution in [0, 0.1) is 0 Å². The molecule has 34 heavy (non-hydrogen) atoms. The predicted molar refractivity (Wildman–Crippen MR) is 135 cm³/mol. The molecule has 8 heteroatoms. The van der Waals surface area contributed by atoms with Gasteiger partial charge in [0.25, 0.3) is 0 Å². The molecule has 0 aromatic heterocycles. The number of aliphatic imine (C=N–C) groups is 4. The zero-order chi connectivity index (χ0) is 23.3. The lowest BCUT2D eigenvalue weighted by molar-refractivity contribution is 0.268. The van der Waals surface area contributed by atoms with E-state index in [1.165, 1.54) is 0 Å². The highest BCUT2D eigenvalue weighted by Crippen LogP contribution is 2.14. The molecule has 0 aliphatic carbocycles. The summed E-state index contributed by atoms with van der Waals surface area (Å²) in [6.07, 6.45) is 8.28. The number of hydrogen-bond donors (Lipinski definition) is 0. The van der Waals surface area contributed by atoms with E-state index in [2.05, 4.69) is 20.0 Å². The summed E-state index contributed by atoms with van der Waals surface area (Å²) in [5, 5.41) is 0. The summed E-state index contributed by atoms with van der Waals surface area (Å²) in [4.78, 5) is 17.5. The average molecular weight is 469 g/mol. The number of hydrogen-bond acceptors (Lipinski definition) is 8. The molecule has 4 aliphatic rings. The Morgan fingerprint density at radius 1 is 0.559 bits per heavy atom. The summed E-state index contributed by atoms with van der Waals surface area (Å²) in [6.45, 7) is 6.74. The summed E-state index contributed by atoms with van der Waals surface area (Å²) in [5.74, 6) is 3.36. The van der Waals surface area contributed by atoms with Gasteiger partial charge in [0.15, 0.2) is 11.8 Å². The number of nitrogens with zero attached hydrogens (tertiary/aromatic N) is 4. The molecule has 0 saturated heterocycles. The summed E-state index contributed by atoms with van der Waals surface area (Å²) in [6, 6.07) is 8.05. The Balaban J connectivity index is 0.000000162. The van der Waals surface area contributed by atoms with Crippen molar-refractivity contribution in [3.63, 3.8) is 0 Å². The van der Waals surface area contributed by atoms with Gasteiger partial charge in [-0.1, -0.05) is 6.07 Å². The maximum Gasteiger partial charge on any atom is 0.216 e. The van der Waals surface area contributed by atoms with Crippen LogP contribution in [-0.2, 0) is 18.9 Å². The van der Waals surface area contributed by atoms with Gasteiger partial charge in [-0.15, -0.1) is 0 Å². The first-order valence-electron chi connectivity index (χ1n) is 12.7. The van der Waals surface area contributed by atoms with Crippen LogP contribution in [0.5, 0.6) is 0 Å². The number of benzene rings is 1. The molecule has 8 nitrogen and oxygen atoms in total. The summed E-state index contributed by atoms with van der Waals surface area (Å²) in [7, 11) is 0. The quantitative estimate of drug-likeness (QED) is 0.561. The highest BCUT2D eigenvalue weighted by molar-refractivity contribution is 5.99. The van der Waals surface area contributed by atoms with E-state index in [1.54, 1.807) is 0 Å². The second kappa shape index (κ2) is 13.7. The summed E-state index contributed by atoms with van der Waals surface area (Å²) >= 11 is 0. The maximum absolute atomic E-state index is 5.58. The van der Waals surface area contributed by atoms with E-state index in [0.717, 1.165) is 139 Å². The monoisotopic (exact) mass is 468 g/mol. The molecule has 0 N–H and O–H groups in total. The van der Waals surface area contributed by atoms with Crippen molar-refractivity contribution in [3.8, 4) is 0 Å². The SMILES string of the molecule is C1CN=C(CCCCC2=NCCCO2)OC1.c1cc(C2=NCCCO2)cc(C2=NCCCO2)c1. The van der Waals surface area contributed by atoms with Gasteiger partial charge >= 0.3 is 0 Å². The van der Waals surface area contributed by atoms with E-state index >= 15 is 0 Å². The highest BCUT2D eigenvalue weighted by atomic mass is 16.5. The van der Waals surface area contributed by atoms with E-state index in [0.29, 0.717) is 0 Å². The van der Waals surface area contributed by atoms with Gasteiger partial charge in [-0.2, -0.15) is 0 Å². The van der Waals surface area contributed by atoms with Gasteiger partial charge in [0, 0.05) is 75.8 Å². The van der Waals surface area contributed by atoms with E-state index in [9.17, 15) is 0 Å². The topological polar surface area (TPSA) is 86.4 Å². The van der Waals surface area contributed by atoms with Crippen molar-refractivity contribution in [1.82, 2.24) is 0 Å². The second-order valence-corrected chi connectivity index (χ2v) is 8.52. The molecule has 0 fully saturated rings. The molecule has 4 aliphatic heterocycles. The zero-order valence-electron chi connectivity index (χ0n) is 20.0. The molecule has 0 atom stereocenters. The minimum atomic E-state index is 0.736. The number of rotatable bonds is 7. The Hall–Kier alpha value is -2.90. The van der Waals surface area contributed by atoms with E-state index in [1.807, 2.05) is 24.3 Å². The highest BCUT2D eigenvalue weighted by Gasteiger charge is 2.13. The minimum Gasteiger partial charge on any atom is -0.481 e. The smallest absolute Gasteiger partial charge is 0.216 e. The molecule has 5 rings (SSSR count). The molecule has 0 bridgehead atoms. The molecule has 4 heterocycles. The first kappa shape index (κ1) is 24.2. The van der Waals surface area contributed by atoms with Gasteiger partial charge in [-0.3, -0.25) is 20.0 Å². The number of unbranched alkanes of at least 4 members (excludes halogenated alkanes) is 1. The van der Waals surface area contributed by atoms with Crippen LogP contribution < -0.4 is 0 Å². The van der Waals surface area contributed by atoms with Gasteiger partial charge in [0.2, 0.25) is 11.8 Å². The Kier molecular flexibility index (Phi) is 9.78. The fourth-order valence-electron chi connectivity index (χ4n) is 3.92. The fourth-order valence-corrected chi connectivity index (χ4v) is 3.92. The molecule has 0 unspecified atom stereocenters. The summed E-state index contributed by atoms with van der Waals surface area (Å²) in [5.41, 5.74) is 2.01. The minimum absolute atomic E-state index is 0.736. The van der Waals surface area contributed by atoms with E-state index < -0.39 is 0 Å². The first-order chi connectivity index (χ1) is 16.9. The van der Waals surface area contributed by atoms with Gasteiger partial charge in [0.05, 0.1) is 26.4 Å². The van der Waals surface area contributed by atoms with Crippen molar-refractivity contribution in [2.45, 2.75) is 51.4 Å². The molecule has 184 valence electrons. The lowest BCUT2D eigenvalue weighted by atomic mass is 10.1. The molecule has 0 radical (unpaired) electrons. The molecular formula is C26H36N4O4. The van der Waals surface area contributed by atoms with Crippen LogP contribution in [0.3, 0.4) is 0 Å². The standard InChI is InChI=1S/C14H16N2O2.C12H20N2O2/c1-4-11(13-15-6-2-8-17-13)10-12(5-1)14-16-7-3-9-18-14;1(5-11-13-7-3-9-15-11)2-6-12-14-8-4-10-16-12/h1,4-5,10H,2-3,6-9H2;1-10H2. The summed E-state index contributed by atoms with van der Waals surface area (Å²) < 4.78 is 22.1. The van der Waals surface area contributed by atoms with Crippen LogP contribution in [0.4, 0.5) is 0 Å². The molecule has 1 aromatic carbocycles.